The van der Waals surface area contributed by atoms with E-state index in [-0.39, 0.29) is 21.8 Å². The van der Waals surface area contributed by atoms with Crippen molar-refractivity contribution in [1.29, 1.82) is 0 Å². The predicted molar refractivity (Wildman–Crippen MR) is 87.7 cm³/mol. The third-order valence-corrected chi connectivity index (χ3v) is 5.00. The van der Waals surface area contributed by atoms with E-state index in [0.29, 0.717) is 0 Å². The first kappa shape index (κ1) is 16.9. The first-order valence-electron chi connectivity index (χ1n) is 7.06. The van der Waals surface area contributed by atoms with Gasteiger partial charge in [-0.05, 0) is 30.3 Å². The second-order valence-electron chi connectivity index (χ2n) is 5.24. The molecule has 5 N–H and O–H groups in total. The van der Waals surface area contributed by atoms with Gasteiger partial charge in [0, 0.05) is 0 Å². The molecule has 10 heteroatoms. The fraction of sp³-hybridized carbons (Fsp3) is 0.0667. The highest BCUT2D eigenvalue weighted by atomic mass is 32.2. The normalized spacial score (nSPS) is 17.9. The van der Waals surface area contributed by atoms with E-state index in [9.17, 15) is 22.4 Å². The average Bonchev–Trinajstić information content (AvgIpc) is 2.53. The summed E-state index contributed by atoms with van der Waals surface area (Å²) in [5.41, 5.74) is 5.39. The Hall–Kier alpha value is -2.98. The maximum atomic E-state index is 13.4. The topological polar surface area (TPSA) is 130 Å². The lowest BCUT2D eigenvalue weighted by Crippen LogP contribution is -2.51. The number of anilines is 2. The van der Waals surface area contributed by atoms with E-state index in [4.69, 9.17) is 5.73 Å². The zero-order chi connectivity index (χ0) is 18.2. The number of halogens is 1. The molecule has 0 bridgehead atoms. The van der Waals surface area contributed by atoms with Crippen molar-refractivity contribution in [2.24, 2.45) is 5.73 Å². The highest BCUT2D eigenvalue weighted by Crippen LogP contribution is 2.27. The van der Waals surface area contributed by atoms with E-state index in [2.05, 4.69) is 15.4 Å². The molecule has 1 atom stereocenters. The molecule has 0 fully saturated rings. The van der Waals surface area contributed by atoms with Gasteiger partial charge in [0.25, 0.3) is 11.8 Å². The second kappa shape index (κ2) is 6.15. The van der Waals surface area contributed by atoms with Crippen molar-refractivity contribution >= 4 is 33.2 Å². The van der Waals surface area contributed by atoms with Gasteiger partial charge < -0.3 is 16.4 Å². The largest absolute Gasteiger partial charge is 0.366 e. The number of benzene rings is 2. The number of carbonyl (C=O) groups excluding carboxylic acids is 2. The fourth-order valence-corrected chi connectivity index (χ4v) is 3.64. The van der Waals surface area contributed by atoms with Crippen molar-refractivity contribution in [1.82, 2.24) is 4.72 Å². The molecule has 1 aliphatic heterocycles. The lowest BCUT2D eigenvalue weighted by Gasteiger charge is -2.27. The van der Waals surface area contributed by atoms with Gasteiger partial charge in [0.05, 0.1) is 16.9 Å². The molecule has 2 aromatic carbocycles. The summed E-state index contributed by atoms with van der Waals surface area (Å²) in [5.74, 6) is -2.19. The van der Waals surface area contributed by atoms with Crippen molar-refractivity contribution in [3.63, 3.8) is 0 Å². The number of carbonyl (C=O) groups is 2. The first-order valence-corrected chi connectivity index (χ1v) is 8.54. The number of amides is 2. The Kier molecular flexibility index (Phi) is 4.15. The Morgan fingerprint density at radius 3 is 2.60 bits per heavy atom. The summed E-state index contributed by atoms with van der Waals surface area (Å²) < 4.78 is 39.9. The number of nitrogens with one attached hydrogen (secondary N) is 3. The van der Waals surface area contributed by atoms with Gasteiger partial charge in [0.1, 0.15) is 10.7 Å². The standard InChI is InChI=1S/C15H13FN4O4S/c16-8-5-6-12-11(7-8)18-14(20-25(12,23)24)15(22)19-10-4-2-1-3-9(10)13(17)21/h1-7,14,18,20H,(H2,17,21)(H,19,22)/t14-/m1/s1. The minimum Gasteiger partial charge on any atom is -0.366 e. The van der Waals surface area contributed by atoms with Gasteiger partial charge >= 0.3 is 0 Å². The van der Waals surface area contributed by atoms with Crippen LogP contribution >= 0.6 is 0 Å². The summed E-state index contributed by atoms with van der Waals surface area (Å²) in [5, 5.41) is 5.03. The van der Waals surface area contributed by atoms with E-state index in [1.54, 1.807) is 12.1 Å². The van der Waals surface area contributed by atoms with E-state index in [1.165, 1.54) is 12.1 Å². The van der Waals surface area contributed by atoms with E-state index >= 15 is 0 Å². The number of sulfonamides is 1. The number of hydrogen-bond acceptors (Lipinski definition) is 5. The molecule has 1 aliphatic rings. The predicted octanol–water partition coefficient (Wildman–Crippen LogP) is 0.593. The average molecular weight is 364 g/mol. The molecular weight excluding hydrogens is 351 g/mol. The van der Waals surface area contributed by atoms with Gasteiger partial charge in [-0.2, -0.15) is 4.72 Å². The molecule has 1 heterocycles. The molecule has 25 heavy (non-hydrogen) atoms. The molecule has 0 aromatic heterocycles. The molecule has 2 aromatic rings. The Morgan fingerprint density at radius 2 is 1.88 bits per heavy atom. The summed E-state index contributed by atoms with van der Waals surface area (Å²) in [6.45, 7) is 0. The summed E-state index contributed by atoms with van der Waals surface area (Å²) in [6.07, 6.45) is -1.39. The van der Waals surface area contributed by atoms with Gasteiger partial charge in [0.2, 0.25) is 10.0 Å². The molecule has 0 spiro atoms. The smallest absolute Gasteiger partial charge is 0.262 e. The summed E-state index contributed by atoms with van der Waals surface area (Å²) >= 11 is 0. The summed E-state index contributed by atoms with van der Waals surface area (Å²) in [4.78, 5) is 23.6. The van der Waals surface area contributed by atoms with E-state index in [1.807, 2.05) is 0 Å². The second-order valence-corrected chi connectivity index (χ2v) is 6.92. The van der Waals surface area contributed by atoms with Crippen molar-refractivity contribution in [3.8, 4) is 0 Å². The maximum Gasteiger partial charge on any atom is 0.262 e. The van der Waals surface area contributed by atoms with Crippen LogP contribution in [-0.4, -0.2) is 26.4 Å². The number of fused-ring (bicyclic) bond motifs is 1. The number of rotatable bonds is 3. The van der Waals surface area contributed by atoms with Crippen LogP contribution in [0.2, 0.25) is 0 Å². The third-order valence-electron chi connectivity index (χ3n) is 3.52. The number of para-hydroxylation sites is 1. The van der Waals surface area contributed by atoms with Gasteiger partial charge in [-0.3, -0.25) is 9.59 Å². The van der Waals surface area contributed by atoms with Gasteiger partial charge in [-0.25, -0.2) is 12.8 Å². The molecule has 3 rings (SSSR count). The molecule has 0 radical (unpaired) electrons. The van der Waals surface area contributed by atoms with Crippen LogP contribution in [-0.2, 0) is 14.8 Å². The van der Waals surface area contributed by atoms with Crippen molar-refractivity contribution in [2.45, 2.75) is 11.1 Å². The van der Waals surface area contributed by atoms with Crippen LogP contribution in [0.5, 0.6) is 0 Å². The van der Waals surface area contributed by atoms with Crippen molar-refractivity contribution in [2.75, 3.05) is 10.6 Å². The van der Waals surface area contributed by atoms with Gasteiger partial charge in [-0.15, -0.1) is 0 Å². The highest BCUT2D eigenvalue weighted by molar-refractivity contribution is 7.89. The van der Waals surface area contributed by atoms with Crippen LogP contribution in [0.4, 0.5) is 15.8 Å². The Bertz CT molecular complexity index is 977. The summed E-state index contributed by atoms with van der Waals surface area (Å²) in [6, 6.07) is 9.08. The van der Waals surface area contributed by atoms with Crippen LogP contribution in [0.3, 0.4) is 0 Å². The van der Waals surface area contributed by atoms with E-state index < -0.39 is 33.8 Å². The van der Waals surface area contributed by atoms with Crippen molar-refractivity contribution in [3.05, 3.63) is 53.8 Å². The SMILES string of the molecule is NC(=O)c1ccccc1NC(=O)[C@@H]1Nc2cc(F)ccc2S(=O)(=O)N1. The molecule has 0 saturated heterocycles. The molecule has 0 aliphatic carbocycles. The Balaban J connectivity index is 1.89. The minimum atomic E-state index is -4.00. The molecule has 0 unspecified atom stereocenters. The minimum absolute atomic E-state index is 0.0397. The molecule has 8 nitrogen and oxygen atoms in total. The summed E-state index contributed by atoms with van der Waals surface area (Å²) in [7, 11) is -4.00. The highest BCUT2D eigenvalue weighted by Gasteiger charge is 2.33. The number of primary amides is 1. The van der Waals surface area contributed by atoms with Crippen LogP contribution < -0.4 is 21.1 Å². The van der Waals surface area contributed by atoms with Gasteiger partial charge in [0.15, 0.2) is 6.17 Å². The molecule has 130 valence electrons. The van der Waals surface area contributed by atoms with Crippen LogP contribution in [0, 0.1) is 5.82 Å². The van der Waals surface area contributed by atoms with Crippen LogP contribution in [0.25, 0.3) is 0 Å². The maximum absolute atomic E-state index is 13.4. The molecule has 2 amide bonds. The first-order chi connectivity index (χ1) is 11.8. The van der Waals surface area contributed by atoms with Crippen LogP contribution in [0.15, 0.2) is 47.4 Å². The fourth-order valence-electron chi connectivity index (χ4n) is 2.38. The Morgan fingerprint density at radius 1 is 1.16 bits per heavy atom. The zero-order valence-electron chi connectivity index (χ0n) is 12.6. The quantitative estimate of drug-likeness (QED) is 0.633. The van der Waals surface area contributed by atoms with Crippen LogP contribution in [0.1, 0.15) is 10.4 Å². The zero-order valence-corrected chi connectivity index (χ0v) is 13.4. The van der Waals surface area contributed by atoms with Gasteiger partial charge in [-0.1, -0.05) is 12.1 Å². The lowest BCUT2D eigenvalue weighted by molar-refractivity contribution is -0.117. The number of hydrogen-bond donors (Lipinski definition) is 4. The monoisotopic (exact) mass is 364 g/mol. The van der Waals surface area contributed by atoms with E-state index in [0.717, 1.165) is 18.2 Å². The lowest BCUT2D eigenvalue weighted by atomic mass is 10.1. The molecular formula is C15H13FN4O4S. The van der Waals surface area contributed by atoms with Crippen molar-refractivity contribution < 1.29 is 22.4 Å². The third kappa shape index (κ3) is 3.30. The Labute approximate surface area is 142 Å². The number of nitrogens with two attached hydrogens (primary N) is 1. The molecule has 0 saturated carbocycles.